The molecule has 0 radical (unpaired) electrons. The molecule has 2 unspecified atom stereocenters. The molecule has 0 spiro atoms. The Morgan fingerprint density at radius 2 is 1.95 bits per heavy atom. The predicted octanol–water partition coefficient (Wildman–Crippen LogP) is 2.23. The van der Waals surface area contributed by atoms with Gasteiger partial charge >= 0.3 is 0 Å². The molecule has 2 aliphatic rings. The number of ketones is 1. The molecule has 2 aliphatic heterocycles. The first-order valence-corrected chi connectivity index (χ1v) is 7.62. The highest BCUT2D eigenvalue weighted by atomic mass is 16.5. The second-order valence-corrected chi connectivity index (χ2v) is 6.71. The molecule has 0 amide bonds. The number of nitrogens with zero attached hydrogens (tertiary/aromatic N) is 1. The molecule has 4 nitrogen and oxygen atoms in total. The van der Waals surface area contributed by atoms with Crippen LogP contribution in [0.2, 0.25) is 0 Å². The van der Waals surface area contributed by atoms with Crippen LogP contribution in [0.5, 0.6) is 5.75 Å². The molecule has 114 valence electrons. The van der Waals surface area contributed by atoms with Gasteiger partial charge in [0.25, 0.3) is 0 Å². The van der Waals surface area contributed by atoms with Gasteiger partial charge in [0.05, 0.1) is 6.04 Å². The first-order valence-electron chi connectivity index (χ1n) is 7.62. The van der Waals surface area contributed by atoms with Crippen LogP contribution in [0.1, 0.15) is 43.9 Å². The molecule has 0 aromatic heterocycles. The van der Waals surface area contributed by atoms with E-state index in [1.807, 2.05) is 39.0 Å². The Hall–Kier alpha value is -1.39. The second kappa shape index (κ2) is 5.11. The van der Waals surface area contributed by atoms with Gasteiger partial charge in [0.2, 0.25) is 0 Å². The van der Waals surface area contributed by atoms with E-state index in [0.717, 1.165) is 16.9 Å². The van der Waals surface area contributed by atoms with Crippen LogP contribution in [0.4, 0.5) is 0 Å². The Morgan fingerprint density at radius 3 is 2.62 bits per heavy atom. The molecule has 1 saturated heterocycles. The number of hydrogen-bond donors (Lipinski definition) is 1. The molecule has 1 N–H and O–H groups in total. The summed E-state index contributed by atoms with van der Waals surface area (Å²) in [6.07, 6.45) is 0.553. The van der Waals surface area contributed by atoms with Crippen LogP contribution in [-0.2, 0) is 4.79 Å². The molecular weight excluding hydrogens is 266 g/mol. The number of ether oxygens (including phenoxy) is 1. The van der Waals surface area contributed by atoms with Crippen LogP contribution < -0.4 is 4.74 Å². The van der Waals surface area contributed by atoms with Crippen LogP contribution in [0.3, 0.4) is 0 Å². The van der Waals surface area contributed by atoms with E-state index >= 15 is 0 Å². The number of carbonyl (C=O) groups excluding carboxylic acids is 1. The fraction of sp³-hybridized carbons (Fsp3) is 0.588. The molecule has 2 heterocycles. The summed E-state index contributed by atoms with van der Waals surface area (Å²) in [6.45, 7) is 7.45. The maximum Gasteiger partial charge on any atom is 0.135 e. The number of piperidine rings is 1. The normalized spacial score (nSPS) is 28.9. The Balaban J connectivity index is 1.94. The lowest BCUT2D eigenvalue weighted by molar-refractivity contribution is -0.127. The van der Waals surface area contributed by atoms with E-state index in [4.69, 9.17) is 4.74 Å². The summed E-state index contributed by atoms with van der Waals surface area (Å²) < 4.78 is 6.15. The quantitative estimate of drug-likeness (QED) is 0.861. The molecule has 1 aromatic carbocycles. The zero-order valence-corrected chi connectivity index (χ0v) is 12.9. The van der Waals surface area contributed by atoms with Gasteiger partial charge in [-0.25, -0.2) is 0 Å². The van der Waals surface area contributed by atoms with E-state index in [1.54, 1.807) is 0 Å². The minimum Gasteiger partial charge on any atom is -0.486 e. The summed E-state index contributed by atoms with van der Waals surface area (Å²) in [5.74, 6) is 1.08. The van der Waals surface area contributed by atoms with Crippen molar-refractivity contribution in [3.8, 4) is 5.75 Å². The highest BCUT2D eigenvalue weighted by Crippen LogP contribution is 2.42. The lowest BCUT2D eigenvalue weighted by Gasteiger charge is -2.49. The molecular formula is C17H23NO3. The smallest absolute Gasteiger partial charge is 0.135 e. The van der Waals surface area contributed by atoms with Gasteiger partial charge in [-0.2, -0.15) is 0 Å². The zero-order chi connectivity index (χ0) is 15.2. The molecule has 21 heavy (non-hydrogen) atoms. The van der Waals surface area contributed by atoms with Gasteiger partial charge in [0, 0.05) is 31.5 Å². The molecule has 0 bridgehead atoms. The van der Waals surface area contributed by atoms with Gasteiger partial charge in [-0.3, -0.25) is 9.69 Å². The van der Waals surface area contributed by atoms with E-state index in [-0.39, 0.29) is 6.04 Å². The second-order valence-electron chi connectivity index (χ2n) is 6.71. The topological polar surface area (TPSA) is 49.8 Å². The third-order valence-electron chi connectivity index (χ3n) is 4.62. The Kier molecular flexibility index (Phi) is 3.54. The average molecular weight is 289 g/mol. The number of aliphatic hydroxyl groups excluding tert-OH is 1. The molecule has 1 fully saturated rings. The largest absolute Gasteiger partial charge is 0.486 e. The van der Waals surface area contributed by atoms with Crippen LogP contribution in [0.25, 0.3) is 0 Å². The molecule has 3 rings (SSSR count). The van der Waals surface area contributed by atoms with Gasteiger partial charge in [0.15, 0.2) is 0 Å². The summed E-state index contributed by atoms with van der Waals surface area (Å²) in [5, 5.41) is 10.9. The number of hydrogen-bond acceptors (Lipinski definition) is 4. The van der Waals surface area contributed by atoms with E-state index in [2.05, 4.69) is 4.90 Å². The lowest BCUT2D eigenvalue weighted by Crippen LogP contribution is -2.59. The Morgan fingerprint density at radius 1 is 1.29 bits per heavy atom. The van der Waals surface area contributed by atoms with E-state index in [1.165, 1.54) is 0 Å². The molecule has 2 atom stereocenters. The van der Waals surface area contributed by atoms with E-state index in [9.17, 15) is 9.90 Å². The van der Waals surface area contributed by atoms with Crippen molar-refractivity contribution in [1.82, 2.24) is 4.90 Å². The van der Waals surface area contributed by atoms with Crippen molar-refractivity contribution < 1.29 is 14.6 Å². The standard InChI is InChI=1S/C17H23NO3/c1-11-4-5-14-13(10-11)15(20)16(17(2,3)21-14)18-8-6-12(19)7-9-18/h4-5,10,15-16,20H,6-9H2,1-3H3. The van der Waals surface area contributed by atoms with Gasteiger partial charge in [-0.05, 0) is 32.9 Å². The molecule has 0 saturated carbocycles. The number of rotatable bonds is 1. The lowest BCUT2D eigenvalue weighted by atomic mass is 9.83. The van der Waals surface area contributed by atoms with E-state index in [0.29, 0.717) is 31.7 Å². The first-order chi connectivity index (χ1) is 9.88. The van der Waals surface area contributed by atoms with Crippen LogP contribution in [0.15, 0.2) is 18.2 Å². The van der Waals surface area contributed by atoms with Gasteiger partial charge < -0.3 is 9.84 Å². The summed E-state index contributed by atoms with van der Waals surface area (Å²) >= 11 is 0. The van der Waals surface area contributed by atoms with Crippen LogP contribution in [0, 0.1) is 6.92 Å². The number of carbonyl (C=O) groups is 1. The number of likely N-dealkylation sites (tertiary alicyclic amines) is 1. The van der Waals surface area contributed by atoms with Crippen molar-refractivity contribution in [3.63, 3.8) is 0 Å². The predicted molar refractivity (Wildman–Crippen MR) is 80.4 cm³/mol. The van der Waals surface area contributed by atoms with Gasteiger partial charge in [0.1, 0.15) is 23.2 Å². The molecule has 1 aromatic rings. The van der Waals surface area contributed by atoms with Crippen molar-refractivity contribution in [1.29, 1.82) is 0 Å². The van der Waals surface area contributed by atoms with Gasteiger partial charge in [-0.1, -0.05) is 11.6 Å². The number of fused-ring (bicyclic) bond motifs is 1. The Labute approximate surface area is 125 Å². The van der Waals surface area contributed by atoms with Crippen molar-refractivity contribution in [2.75, 3.05) is 13.1 Å². The summed E-state index contributed by atoms with van der Waals surface area (Å²) in [4.78, 5) is 13.7. The fourth-order valence-electron chi connectivity index (χ4n) is 3.58. The Bertz CT molecular complexity index is 557. The van der Waals surface area contributed by atoms with Crippen molar-refractivity contribution >= 4 is 5.78 Å². The highest BCUT2D eigenvalue weighted by molar-refractivity contribution is 5.79. The fourth-order valence-corrected chi connectivity index (χ4v) is 3.58. The summed E-state index contributed by atoms with van der Waals surface area (Å²) in [6, 6.07) is 5.81. The third kappa shape index (κ3) is 2.58. The number of aliphatic hydroxyl groups is 1. The zero-order valence-electron chi connectivity index (χ0n) is 12.9. The minimum absolute atomic E-state index is 0.125. The number of benzene rings is 1. The van der Waals surface area contributed by atoms with E-state index < -0.39 is 11.7 Å². The van der Waals surface area contributed by atoms with Crippen molar-refractivity contribution in [3.05, 3.63) is 29.3 Å². The SMILES string of the molecule is Cc1ccc2c(c1)C(O)C(N1CCC(=O)CC1)C(C)(C)O2. The summed E-state index contributed by atoms with van der Waals surface area (Å²) in [7, 11) is 0. The maximum absolute atomic E-state index is 11.5. The summed E-state index contributed by atoms with van der Waals surface area (Å²) in [5.41, 5.74) is 1.49. The minimum atomic E-state index is -0.586. The molecule has 0 aliphatic carbocycles. The van der Waals surface area contributed by atoms with Crippen molar-refractivity contribution in [2.24, 2.45) is 0 Å². The number of Topliss-reactive ketones (excluding diaryl/α,β-unsaturated/α-hetero) is 1. The highest BCUT2D eigenvalue weighted by Gasteiger charge is 2.46. The first kappa shape index (κ1) is 14.5. The maximum atomic E-state index is 11.5. The number of aryl methyl sites for hydroxylation is 1. The monoisotopic (exact) mass is 289 g/mol. The van der Waals surface area contributed by atoms with Crippen LogP contribution in [-0.4, -0.2) is 40.5 Å². The van der Waals surface area contributed by atoms with Crippen molar-refractivity contribution in [2.45, 2.75) is 51.4 Å². The van der Waals surface area contributed by atoms with Gasteiger partial charge in [-0.15, -0.1) is 0 Å². The molecule has 4 heteroatoms. The third-order valence-corrected chi connectivity index (χ3v) is 4.62. The average Bonchev–Trinajstić information content (AvgIpc) is 2.41. The van der Waals surface area contributed by atoms with Crippen LogP contribution >= 0.6 is 0 Å².